The molecule has 5 nitrogen and oxygen atoms in total. The van der Waals surface area contributed by atoms with Crippen LogP contribution in [0.1, 0.15) is 20.7 Å². The SMILES string of the molecule is COC(=O)c1c(C(=O)O)ccnc1Cl. The summed E-state index contributed by atoms with van der Waals surface area (Å²) in [5.74, 6) is -2.07. The Balaban J connectivity index is 3.36. The molecule has 1 rings (SSSR count). The largest absolute Gasteiger partial charge is 0.478 e. The summed E-state index contributed by atoms with van der Waals surface area (Å²) in [6.07, 6.45) is 1.21. The van der Waals surface area contributed by atoms with Gasteiger partial charge in [0, 0.05) is 6.20 Å². The molecule has 6 heteroatoms. The van der Waals surface area contributed by atoms with Crippen LogP contribution in [0.4, 0.5) is 0 Å². The molecule has 0 amide bonds. The van der Waals surface area contributed by atoms with Crippen LogP contribution in [-0.4, -0.2) is 29.1 Å². The third kappa shape index (κ3) is 1.82. The van der Waals surface area contributed by atoms with Crippen LogP contribution < -0.4 is 0 Å². The van der Waals surface area contributed by atoms with E-state index in [1.165, 1.54) is 12.3 Å². The van der Waals surface area contributed by atoms with Gasteiger partial charge in [-0.1, -0.05) is 11.6 Å². The number of aromatic carboxylic acids is 1. The molecule has 14 heavy (non-hydrogen) atoms. The molecule has 0 aliphatic carbocycles. The van der Waals surface area contributed by atoms with E-state index in [2.05, 4.69) is 9.72 Å². The van der Waals surface area contributed by atoms with Crippen molar-refractivity contribution in [3.8, 4) is 0 Å². The van der Waals surface area contributed by atoms with Gasteiger partial charge in [0.2, 0.25) is 0 Å². The van der Waals surface area contributed by atoms with Gasteiger partial charge in [-0.05, 0) is 6.07 Å². The van der Waals surface area contributed by atoms with E-state index in [9.17, 15) is 9.59 Å². The number of hydrogen-bond acceptors (Lipinski definition) is 4. The number of carboxylic acids is 1. The molecular formula is C8H6ClNO4. The van der Waals surface area contributed by atoms with Crippen molar-refractivity contribution in [1.29, 1.82) is 0 Å². The molecule has 0 saturated carbocycles. The summed E-state index contributed by atoms with van der Waals surface area (Å²) in [6, 6.07) is 1.18. The molecule has 0 unspecified atom stereocenters. The molecule has 0 spiro atoms. The van der Waals surface area contributed by atoms with Crippen molar-refractivity contribution < 1.29 is 19.4 Å². The molecule has 1 aromatic rings. The Bertz CT molecular complexity index is 391. The molecule has 0 fully saturated rings. The molecule has 0 atom stereocenters. The zero-order chi connectivity index (χ0) is 10.7. The summed E-state index contributed by atoms with van der Waals surface area (Å²) in [5, 5.41) is 8.56. The summed E-state index contributed by atoms with van der Waals surface area (Å²) in [6.45, 7) is 0. The van der Waals surface area contributed by atoms with Gasteiger partial charge in [-0.2, -0.15) is 0 Å². The first-order valence-electron chi connectivity index (χ1n) is 3.54. The minimum absolute atomic E-state index is 0.184. The van der Waals surface area contributed by atoms with Gasteiger partial charge in [0.05, 0.1) is 12.7 Å². The van der Waals surface area contributed by atoms with Crippen LogP contribution in [-0.2, 0) is 4.74 Å². The van der Waals surface area contributed by atoms with Gasteiger partial charge in [0.15, 0.2) is 0 Å². The highest BCUT2D eigenvalue weighted by Crippen LogP contribution is 2.18. The Morgan fingerprint density at radius 1 is 1.57 bits per heavy atom. The van der Waals surface area contributed by atoms with Crippen LogP contribution in [0.2, 0.25) is 5.15 Å². The Morgan fingerprint density at radius 2 is 2.21 bits per heavy atom. The highest BCUT2D eigenvalue weighted by Gasteiger charge is 2.21. The second-order valence-corrected chi connectivity index (χ2v) is 2.68. The topological polar surface area (TPSA) is 76.5 Å². The number of halogens is 1. The van der Waals surface area contributed by atoms with Gasteiger partial charge < -0.3 is 9.84 Å². The van der Waals surface area contributed by atoms with Crippen molar-refractivity contribution in [3.63, 3.8) is 0 Å². The number of carbonyl (C=O) groups is 2. The predicted octanol–water partition coefficient (Wildman–Crippen LogP) is 1.22. The smallest absolute Gasteiger partial charge is 0.341 e. The number of ether oxygens (including phenoxy) is 1. The molecule has 0 aliphatic rings. The van der Waals surface area contributed by atoms with Crippen molar-refractivity contribution in [2.24, 2.45) is 0 Å². The predicted molar refractivity (Wildman–Crippen MR) is 47.5 cm³/mol. The zero-order valence-corrected chi connectivity index (χ0v) is 7.91. The number of pyridine rings is 1. The van der Waals surface area contributed by atoms with E-state index < -0.39 is 11.9 Å². The van der Waals surface area contributed by atoms with E-state index in [0.29, 0.717) is 0 Å². The van der Waals surface area contributed by atoms with Gasteiger partial charge in [-0.25, -0.2) is 14.6 Å². The maximum Gasteiger partial charge on any atom is 0.341 e. The van der Waals surface area contributed by atoms with Gasteiger partial charge >= 0.3 is 11.9 Å². The lowest BCUT2D eigenvalue weighted by Gasteiger charge is -2.04. The summed E-state index contributed by atoms with van der Waals surface area (Å²) in [7, 11) is 1.14. The fourth-order valence-corrected chi connectivity index (χ4v) is 1.15. The minimum Gasteiger partial charge on any atom is -0.478 e. The third-order valence-corrected chi connectivity index (χ3v) is 1.81. The van der Waals surface area contributed by atoms with Crippen molar-refractivity contribution in [3.05, 3.63) is 28.5 Å². The molecule has 1 heterocycles. The number of hydrogen-bond donors (Lipinski definition) is 1. The second kappa shape index (κ2) is 4.06. The number of esters is 1. The normalized spacial score (nSPS) is 9.57. The Labute approximate surface area is 84.3 Å². The molecule has 74 valence electrons. The van der Waals surface area contributed by atoms with Crippen molar-refractivity contribution in [2.75, 3.05) is 7.11 Å². The first kappa shape index (κ1) is 10.5. The fourth-order valence-electron chi connectivity index (χ4n) is 0.911. The first-order chi connectivity index (χ1) is 6.57. The van der Waals surface area contributed by atoms with Gasteiger partial charge in [0.1, 0.15) is 10.7 Å². The molecule has 0 radical (unpaired) electrons. The maximum absolute atomic E-state index is 11.1. The van der Waals surface area contributed by atoms with E-state index in [-0.39, 0.29) is 16.3 Å². The number of rotatable bonds is 2. The Morgan fingerprint density at radius 3 is 2.71 bits per heavy atom. The highest BCUT2D eigenvalue weighted by molar-refractivity contribution is 6.33. The van der Waals surface area contributed by atoms with Crippen LogP contribution in [0.25, 0.3) is 0 Å². The quantitative estimate of drug-likeness (QED) is 0.593. The van der Waals surface area contributed by atoms with Crippen LogP contribution in [0.5, 0.6) is 0 Å². The van der Waals surface area contributed by atoms with Gasteiger partial charge in [-0.15, -0.1) is 0 Å². The van der Waals surface area contributed by atoms with Crippen LogP contribution >= 0.6 is 11.6 Å². The summed E-state index contributed by atoms with van der Waals surface area (Å²) >= 11 is 5.57. The number of methoxy groups -OCH3 is 1. The third-order valence-electron chi connectivity index (χ3n) is 1.52. The lowest BCUT2D eigenvalue weighted by molar-refractivity contribution is 0.0582. The number of aromatic nitrogens is 1. The number of carboxylic acid groups (broad SMARTS) is 1. The summed E-state index contributed by atoms with van der Waals surface area (Å²) in [5.41, 5.74) is -0.457. The zero-order valence-electron chi connectivity index (χ0n) is 7.15. The van der Waals surface area contributed by atoms with Crippen molar-refractivity contribution >= 4 is 23.5 Å². The highest BCUT2D eigenvalue weighted by atomic mass is 35.5. The van der Waals surface area contributed by atoms with E-state index >= 15 is 0 Å². The minimum atomic E-state index is -1.25. The van der Waals surface area contributed by atoms with E-state index in [1.807, 2.05) is 0 Å². The lowest BCUT2D eigenvalue weighted by atomic mass is 10.1. The van der Waals surface area contributed by atoms with Gasteiger partial charge in [0.25, 0.3) is 0 Å². The van der Waals surface area contributed by atoms with E-state index in [0.717, 1.165) is 7.11 Å². The van der Waals surface area contributed by atoms with E-state index in [4.69, 9.17) is 16.7 Å². The van der Waals surface area contributed by atoms with Crippen molar-refractivity contribution in [2.45, 2.75) is 0 Å². The molecular weight excluding hydrogens is 210 g/mol. The molecule has 1 aromatic heterocycles. The lowest BCUT2D eigenvalue weighted by Crippen LogP contribution is -2.11. The number of nitrogens with zero attached hydrogens (tertiary/aromatic N) is 1. The average molecular weight is 216 g/mol. The van der Waals surface area contributed by atoms with Crippen molar-refractivity contribution in [1.82, 2.24) is 4.98 Å². The number of carbonyl (C=O) groups excluding carboxylic acids is 1. The monoisotopic (exact) mass is 215 g/mol. The Hall–Kier alpha value is -1.62. The fraction of sp³-hybridized carbons (Fsp3) is 0.125. The van der Waals surface area contributed by atoms with Crippen LogP contribution in [0.3, 0.4) is 0 Å². The molecule has 0 bridgehead atoms. The molecule has 0 aliphatic heterocycles. The van der Waals surface area contributed by atoms with E-state index in [1.54, 1.807) is 0 Å². The molecule has 0 saturated heterocycles. The average Bonchev–Trinajstić information content (AvgIpc) is 2.16. The van der Waals surface area contributed by atoms with Crippen LogP contribution in [0.15, 0.2) is 12.3 Å². The summed E-state index contributed by atoms with van der Waals surface area (Å²) in [4.78, 5) is 25.4. The standard InChI is InChI=1S/C8H6ClNO4/c1-14-8(13)5-4(7(11)12)2-3-10-6(5)9/h2-3H,1H3,(H,11,12). The first-order valence-corrected chi connectivity index (χ1v) is 3.91. The second-order valence-electron chi connectivity index (χ2n) is 2.32. The van der Waals surface area contributed by atoms with Crippen LogP contribution in [0, 0.1) is 0 Å². The maximum atomic E-state index is 11.1. The Kier molecular flexibility index (Phi) is 3.03. The molecule has 0 aromatic carbocycles. The van der Waals surface area contributed by atoms with Gasteiger partial charge in [-0.3, -0.25) is 0 Å². The summed E-state index contributed by atoms with van der Waals surface area (Å²) < 4.78 is 4.38. The molecule has 1 N–H and O–H groups in total.